The van der Waals surface area contributed by atoms with Crippen molar-refractivity contribution in [2.75, 3.05) is 0 Å². The Morgan fingerprint density at radius 3 is 2.05 bits per heavy atom. The second kappa shape index (κ2) is 8.01. The highest BCUT2D eigenvalue weighted by molar-refractivity contribution is 6.30. The SMILES string of the molecule is c1ccc(-c2ccnc(-n3c4ccccc4c4c5c6ccccc6c6cc7ccccc7n6c5ccc43)c2)nc1. The smallest absolute Gasteiger partial charge is 0.138 e. The number of nitrogens with zero attached hydrogens (tertiary/aromatic N) is 4. The van der Waals surface area contributed by atoms with Crippen LogP contribution in [0.3, 0.4) is 0 Å². The number of pyridine rings is 3. The highest BCUT2D eigenvalue weighted by atomic mass is 15.1. The predicted molar refractivity (Wildman–Crippen MR) is 165 cm³/mol. The molecule has 0 bridgehead atoms. The molecular formula is C36H22N4. The van der Waals surface area contributed by atoms with Crippen LogP contribution in [0.4, 0.5) is 0 Å². The second-order valence-electron chi connectivity index (χ2n) is 10.3. The Hall–Kier alpha value is -5.48. The molecule has 0 atom stereocenters. The first kappa shape index (κ1) is 21.5. The van der Waals surface area contributed by atoms with E-state index < -0.39 is 0 Å². The summed E-state index contributed by atoms with van der Waals surface area (Å²) >= 11 is 0. The first-order chi connectivity index (χ1) is 19.9. The van der Waals surface area contributed by atoms with Crippen LogP contribution in [0, 0.1) is 0 Å². The van der Waals surface area contributed by atoms with E-state index >= 15 is 0 Å². The Morgan fingerprint density at radius 2 is 1.18 bits per heavy atom. The summed E-state index contributed by atoms with van der Waals surface area (Å²) in [4.78, 5) is 9.44. The van der Waals surface area contributed by atoms with Gasteiger partial charge in [0.15, 0.2) is 0 Å². The molecule has 0 aliphatic carbocycles. The number of rotatable bonds is 2. The van der Waals surface area contributed by atoms with Gasteiger partial charge < -0.3 is 4.40 Å². The molecule has 9 aromatic rings. The van der Waals surface area contributed by atoms with Gasteiger partial charge in [0.05, 0.1) is 33.3 Å². The van der Waals surface area contributed by atoms with Crippen molar-refractivity contribution in [3.63, 3.8) is 0 Å². The van der Waals surface area contributed by atoms with Crippen LogP contribution in [-0.4, -0.2) is 18.9 Å². The molecule has 0 aliphatic rings. The van der Waals surface area contributed by atoms with Gasteiger partial charge in [0.2, 0.25) is 0 Å². The van der Waals surface area contributed by atoms with E-state index in [0.29, 0.717) is 0 Å². The van der Waals surface area contributed by atoms with Gasteiger partial charge in [-0.2, -0.15) is 0 Å². The number of hydrogen-bond donors (Lipinski definition) is 0. The third kappa shape index (κ3) is 2.85. The molecule has 0 radical (unpaired) electrons. The molecule has 0 fully saturated rings. The van der Waals surface area contributed by atoms with Gasteiger partial charge in [0.1, 0.15) is 5.82 Å². The van der Waals surface area contributed by atoms with Gasteiger partial charge in [-0.25, -0.2) is 4.98 Å². The minimum Gasteiger partial charge on any atom is -0.309 e. The van der Waals surface area contributed by atoms with E-state index in [1.54, 1.807) is 0 Å². The Labute approximate surface area is 229 Å². The Bertz CT molecular complexity index is 2430. The molecule has 0 unspecified atom stereocenters. The fourth-order valence-electron chi connectivity index (χ4n) is 6.53. The lowest BCUT2D eigenvalue weighted by molar-refractivity contribution is 1.08. The third-order valence-electron chi connectivity index (χ3n) is 8.18. The topological polar surface area (TPSA) is 35.1 Å². The molecule has 4 aromatic carbocycles. The maximum Gasteiger partial charge on any atom is 0.138 e. The van der Waals surface area contributed by atoms with Crippen LogP contribution >= 0.6 is 0 Å². The zero-order chi connectivity index (χ0) is 26.2. The van der Waals surface area contributed by atoms with E-state index in [4.69, 9.17) is 4.98 Å². The van der Waals surface area contributed by atoms with E-state index in [1.807, 2.05) is 36.7 Å². The summed E-state index contributed by atoms with van der Waals surface area (Å²) < 4.78 is 4.72. The molecule has 0 N–H and O–H groups in total. The standard InChI is InChI=1S/C36H22N4/c1-5-14-29-24(9-1)21-33-25-10-2-3-11-26(25)35-31(39(29)33)16-17-32-36(35)27-12-4-6-15-30(27)40(32)34-22-23(18-20-38-34)28-13-7-8-19-37-28/h1-22H. The first-order valence-electron chi connectivity index (χ1n) is 13.5. The monoisotopic (exact) mass is 510 g/mol. The van der Waals surface area contributed by atoms with Crippen molar-refractivity contribution in [2.45, 2.75) is 0 Å². The van der Waals surface area contributed by atoms with E-state index in [2.05, 4.69) is 111 Å². The average molecular weight is 511 g/mol. The minimum absolute atomic E-state index is 0.880. The Morgan fingerprint density at radius 1 is 0.450 bits per heavy atom. The van der Waals surface area contributed by atoms with Crippen LogP contribution in [0.5, 0.6) is 0 Å². The van der Waals surface area contributed by atoms with E-state index in [-0.39, 0.29) is 0 Å². The van der Waals surface area contributed by atoms with Crippen molar-refractivity contribution in [1.29, 1.82) is 0 Å². The molecule has 0 saturated carbocycles. The molecule has 5 aromatic heterocycles. The van der Waals surface area contributed by atoms with Crippen molar-refractivity contribution >= 4 is 59.9 Å². The minimum atomic E-state index is 0.880. The maximum atomic E-state index is 4.86. The molecule has 5 heterocycles. The quantitative estimate of drug-likeness (QED) is 0.218. The van der Waals surface area contributed by atoms with Crippen molar-refractivity contribution in [3.05, 3.63) is 134 Å². The molecule has 186 valence electrons. The zero-order valence-corrected chi connectivity index (χ0v) is 21.5. The number of para-hydroxylation sites is 2. The summed E-state index contributed by atoms with van der Waals surface area (Å²) in [5.74, 6) is 0.880. The molecule has 40 heavy (non-hydrogen) atoms. The lowest BCUT2D eigenvalue weighted by Gasteiger charge is -2.13. The van der Waals surface area contributed by atoms with E-state index in [1.165, 1.54) is 48.9 Å². The van der Waals surface area contributed by atoms with Crippen molar-refractivity contribution in [1.82, 2.24) is 18.9 Å². The van der Waals surface area contributed by atoms with Crippen LogP contribution in [0.2, 0.25) is 0 Å². The summed E-state index contributed by atoms with van der Waals surface area (Å²) in [6, 6.07) is 43.2. The molecule has 4 nitrogen and oxygen atoms in total. The molecule has 0 amide bonds. The second-order valence-corrected chi connectivity index (χ2v) is 10.3. The van der Waals surface area contributed by atoms with Gasteiger partial charge >= 0.3 is 0 Å². The highest BCUT2D eigenvalue weighted by Gasteiger charge is 2.20. The maximum absolute atomic E-state index is 4.86. The van der Waals surface area contributed by atoms with Crippen molar-refractivity contribution < 1.29 is 0 Å². The number of hydrogen-bond acceptors (Lipinski definition) is 2. The van der Waals surface area contributed by atoms with Gasteiger partial charge in [0.25, 0.3) is 0 Å². The first-order valence-corrected chi connectivity index (χ1v) is 13.5. The summed E-state index contributed by atoms with van der Waals surface area (Å²) in [5.41, 5.74) is 7.92. The molecule has 4 heteroatoms. The van der Waals surface area contributed by atoms with E-state index in [9.17, 15) is 0 Å². The van der Waals surface area contributed by atoms with Crippen LogP contribution in [0.25, 0.3) is 77.0 Å². The number of fused-ring (bicyclic) bond motifs is 12. The molecule has 0 aliphatic heterocycles. The van der Waals surface area contributed by atoms with Crippen molar-refractivity contribution in [2.24, 2.45) is 0 Å². The molecule has 0 spiro atoms. The lowest BCUT2D eigenvalue weighted by Crippen LogP contribution is -1.98. The van der Waals surface area contributed by atoms with Crippen LogP contribution < -0.4 is 0 Å². The largest absolute Gasteiger partial charge is 0.309 e. The summed E-state index contributed by atoms with van der Waals surface area (Å²) in [6.07, 6.45) is 3.71. The van der Waals surface area contributed by atoms with Crippen LogP contribution in [0.1, 0.15) is 0 Å². The lowest BCUT2D eigenvalue weighted by atomic mass is 10.00. The Balaban J connectivity index is 1.48. The van der Waals surface area contributed by atoms with Gasteiger partial charge in [0, 0.05) is 44.9 Å². The highest BCUT2D eigenvalue weighted by Crippen LogP contribution is 2.42. The zero-order valence-electron chi connectivity index (χ0n) is 21.5. The number of aromatic nitrogens is 4. The fraction of sp³-hybridized carbons (Fsp3) is 0. The van der Waals surface area contributed by atoms with Gasteiger partial charge in [-0.15, -0.1) is 0 Å². The van der Waals surface area contributed by atoms with Crippen molar-refractivity contribution in [3.8, 4) is 17.1 Å². The number of benzene rings is 4. The Kier molecular flexibility index (Phi) is 4.30. The summed E-state index contributed by atoms with van der Waals surface area (Å²) in [5, 5.41) is 7.49. The normalized spacial score (nSPS) is 12.0. The average Bonchev–Trinajstić information content (AvgIpc) is 3.58. The fourth-order valence-corrected chi connectivity index (χ4v) is 6.53. The molecule has 0 saturated heterocycles. The van der Waals surface area contributed by atoms with Crippen LogP contribution in [0.15, 0.2) is 134 Å². The summed E-state index contributed by atoms with van der Waals surface area (Å²) in [6.45, 7) is 0. The summed E-state index contributed by atoms with van der Waals surface area (Å²) in [7, 11) is 0. The van der Waals surface area contributed by atoms with Gasteiger partial charge in [-0.1, -0.05) is 66.7 Å². The van der Waals surface area contributed by atoms with Crippen LogP contribution in [-0.2, 0) is 0 Å². The third-order valence-corrected chi connectivity index (χ3v) is 8.18. The molecule has 9 rings (SSSR count). The van der Waals surface area contributed by atoms with Gasteiger partial charge in [-0.05, 0) is 60.0 Å². The predicted octanol–water partition coefficient (Wildman–Crippen LogP) is 8.95. The van der Waals surface area contributed by atoms with E-state index in [0.717, 1.165) is 28.1 Å². The molecular weight excluding hydrogens is 488 g/mol. The van der Waals surface area contributed by atoms with Gasteiger partial charge in [-0.3, -0.25) is 9.55 Å².